The highest BCUT2D eigenvalue weighted by molar-refractivity contribution is 5.93. The molecule has 0 heterocycles. The molecule has 4 nitrogen and oxygen atoms in total. The van der Waals surface area contributed by atoms with E-state index in [1.165, 1.54) is 0 Å². The van der Waals surface area contributed by atoms with Gasteiger partial charge in [0, 0.05) is 19.3 Å². The van der Waals surface area contributed by atoms with Gasteiger partial charge in [0.15, 0.2) is 0 Å². The van der Waals surface area contributed by atoms with Crippen molar-refractivity contribution in [3.8, 4) is 0 Å². The largest absolute Gasteiger partial charge is 0.384 e. The van der Waals surface area contributed by atoms with Gasteiger partial charge in [-0.3, -0.25) is 4.79 Å². The molecule has 0 aliphatic heterocycles. The van der Waals surface area contributed by atoms with E-state index in [1.807, 2.05) is 30.3 Å². The van der Waals surface area contributed by atoms with Crippen LogP contribution in [-0.2, 0) is 9.53 Å². The van der Waals surface area contributed by atoms with Crippen LogP contribution < -0.4 is 10.6 Å². The maximum atomic E-state index is 12.0. The summed E-state index contributed by atoms with van der Waals surface area (Å²) < 4.78 is 4.93. The van der Waals surface area contributed by atoms with Crippen molar-refractivity contribution in [3.05, 3.63) is 30.3 Å². The first kappa shape index (κ1) is 13.7. The highest BCUT2D eigenvalue weighted by atomic mass is 16.5. The number of anilines is 1. The first-order valence-electron chi connectivity index (χ1n) is 5.84. The van der Waals surface area contributed by atoms with Crippen LogP contribution in [0.1, 0.15) is 12.8 Å². The van der Waals surface area contributed by atoms with Gasteiger partial charge in [0.2, 0.25) is 5.91 Å². The van der Waals surface area contributed by atoms with Crippen LogP contribution >= 0.6 is 0 Å². The van der Waals surface area contributed by atoms with Crippen LogP contribution in [0.15, 0.2) is 30.3 Å². The molecule has 17 heavy (non-hydrogen) atoms. The summed E-state index contributed by atoms with van der Waals surface area (Å²) in [5.41, 5.74) is 6.41. The van der Waals surface area contributed by atoms with Crippen molar-refractivity contribution in [2.75, 3.05) is 31.7 Å². The van der Waals surface area contributed by atoms with E-state index >= 15 is 0 Å². The van der Waals surface area contributed by atoms with Crippen molar-refractivity contribution in [1.29, 1.82) is 0 Å². The number of rotatable bonds is 7. The molecule has 0 aliphatic rings. The van der Waals surface area contributed by atoms with Gasteiger partial charge < -0.3 is 15.4 Å². The molecule has 0 saturated heterocycles. The Balaban J connectivity index is 2.69. The lowest BCUT2D eigenvalue weighted by Crippen LogP contribution is -2.33. The van der Waals surface area contributed by atoms with Crippen LogP contribution in [0.5, 0.6) is 0 Å². The summed E-state index contributed by atoms with van der Waals surface area (Å²) in [6.07, 6.45) is 1.20. The Hall–Kier alpha value is -1.39. The minimum Gasteiger partial charge on any atom is -0.384 e. The van der Waals surface area contributed by atoms with E-state index in [9.17, 15) is 4.79 Å². The molecule has 4 heteroatoms. The van der Waals surface area contributed by atoms with Crippen molar-refractivity contribution in [3.63, 3.8) is 0 Å². The number of hydrogen-bond donors (Lipinski definition) is 1. The zero-order valence-electron chi connectivity index (χ0n) is 10.3. The standard InChI is InChI=1S/C13H20N2O2/c1-17-11-8-13(16)15(10-5-9-14)12-6-3-2-4-7-12/h2-4,6-7H,5,8-11,14H2,1H3. The maximum absolute atomic E-state index is 12.0. The second-order valence-electron chi connectivity index (χ2n) is 3.77. The number of carbonyl (C=O) groups excluding carboxylic acids is 1. The quantitative estimate of drug-likeness (QED) is 0.778. The van der Waals surface area contributed by atoms with Crippen molar-refractivity contribution in [1.82, 2.24) is 0 Å². The molecule has 0 spiro atoms. The number of para-hydroxylation sites is 1. The molecule has 0 radical (unpaired) electrons. The molecule has 0 fully saturated rings. The minimum absolute atomic E-state index is 0.0755. The van der Waals surface area contributed by atoms with Gasteiger partial charge in [0.1, 0.15) is 0 Å². The summed E-state index contributed by atoms with van der Waals surface area (Å²) in [6, 6.07) is 9.65. The molecule has 1 aromatic rings. The number of hydrogen-bond acceptors (Lipinski definition) is 3. The number of carbonyl (C=O) groups is 1. The lowest BCUT2D eigenvalue weighted by molar-refractivity contribution is -0.119. The number of methoxy groups -OCH3 is 1. The Labute approximate surface area is 102 Å². The molecule has 0 aliphatic carbocycles. The predicted octanol–water partition coefficient (Wildman–Crippen LogP) is 1.40. The van der Waals surface area contributed by atoms with Crippen LogP contribution in [0.25, 0.3) is 0 Å². The van der Waals surface area contributed by atoms with E-state index < -0.39 is 0 Å². The lowest BCUT2D eigenvalue weighted by Gasteiger charge is -2.22. The highest BCUT2D eigenvalue weighted by Crippen LogP contribution is 2.14. The third-order valence-corrected chi connectivity index (χ3v) is 2.47. The lowest BCUT2D eigenvalue weighted by atomic mass is 10.2. The molecule has 1 aromatic carbocycles. The van der Waals surface area contributed by atoms with E-state index in [0.717, 1.165) is 12.1 Å². The van der Waals surface area contributed by atoms with Crippen molar-refractivity contribution >= 4 is 11.6 Å². The Morgan fingerprint density at radius 1 is 1.35 bits per heavy atom. The SMILES string of the molecule is COCCC(=O)N(CCCN)c1ccccc1. The molecular formula is C13H20N2O2. The fraction of sp³-hybridized carbons (Fsp3) is 0.462. The third kappa shape index (κ3) is 4.54. The van der Waals surface area contributed by atoms with Crippen molar-refractivity contribution < 1.29 is 9.53 Å². The van der Waals surface area contributed by atoms with Gasteiger partial charge in [-0.25, -0.2) is 0 Å². The summed E-state index contributed by atoms with van der Waals surface area (Å²) in [5, 5.41) is 0. The molecule has 94 valence electrons. The van der Waals surface area contributed by atoms with Crippen LogP contribution in [0.4, 0.5) is 5.69 Å². The van der Waals surface area contributed by atoms with Gasteiger partial charge in [-0.05, 0) is 25.1 Å². The van der Waals surface area contributed by atoms with Crippen LogP contribution in [0.3, 0.4) is 0 Å². The zero-order chi connectivity index (χ0) is 12.5. The summed E-state index contributed by atoms with van der Waals surface area (Å²) in [4.78, 5) is 13.8. The Kier molecular flexibility index (Phi) is 6.29. The predicted molar refractivity (Wildman–Crippen MR) is 69.0 cm³/mol. The third-order valence-electron chi connectivity index (χ3n) is 2.47. The number of ether oxygens (including phenoxy) is 1. The summed E-state index contributed by atoms with van der Waals surface area (Å²) in [7, 11) is 1.60. The van der Waals surface area contributed by atoms with E-state index in [-0.39, 0.29) is 5.91 Å². The van der Waals surface area contributed by atoms with Gasteiger partial charge in [-0.15, -0.1) is 0 Å². The fourth-order valence-corrected chi connectivity index (χ4v) is 1.58. The van der Waals surface area contributed by atoms with Gasteiger partial charge in [-0.2, -0.15) is 0 Å². The van der Waals surface area contributed by atoms with E-state index in [0.29, 0.717) is 26.1 Å². The Bertz CT molecular complexity index is 327. The zero-order valence-corrected chi connectivity index (χ0v) is 10.3. The molecule has 0 unspecified atom stereocenters. The van der Waals surface area contributed by atoms with Gasteiger partial charge in [-0.1, -0.05) is 18.2 Å². The molecule has 0 aromatic heterocycles. The molecule has 1 rings (SSSR count). The average Bonchev–Trinajstić information content (AvgIpc) is 2.38. The fourth-order valence-electron chi connectivity index (χ4n) is 1.58. The second-order valence-corrected chi connectivity index (χ2v) is 3.77. The Morgan fingerprint density at radius 2 is 2.06 bits per heavy atom. The normalized spacial score (nSPS) is 10.2. The van der Waals surface area contributed by atoms with Crippen LogP contribution in [0, 0.1) is 0 Å². The number of nitrogens with zero attached hydrogens (tertiary/aromatic N) is 1. The molecule has 1 amide bonds. The first-order chi connectivity index (χ1) is 8.29. The summed E-state index contributed by atoms with van der Waals surface area (Å²) in [5.74, 6) is 0.0755. The monoisotopic (exact) mass is 236 g/mol. The van der Waals surface area contributed by atoms with Crippen molar-refractivity contribution in [2.45, 2.75) is 12.8 Å². The van der Waals surface area contributed by atoms with E-state index in [1.54, 1.807) is 12.0 Å². The molecule has 0 atom stereocenters. The second kappa shape index (κ2) is 7.81. The summed E-state index contributed by atoms with van der Waals surface area (Å²) >= 11 is 0. The van der Waals surface area contributed by atoms with Crippen molar-refractivity contribution in [2.24, 2.45) is 5.73 Å². The average molecular weight is 236 g/mol. The molecular weight excluding hydrogens is 216 g/mol. The number of nitrogens with two attached hydrogens (primary N) is 1. The summed E-state index contributed by atoms with van der Waals surface area (Å²) in [6.45, 7) is 1.69. The number of amides is 1. The topological polar surface area (TPSA) is 55.6 Å². The van der Waals surface area contributed by atoms with Gasteiger partial charge in [0.05, 0.1) is 13.0 Å². The minimum atomic E-state index is 0.0755. The van der Waals surface area contributed by atoms with E-state index in [4.69, 9.17) is 10.5 Å². The first-order valence-corrected chi connectivity index (χ1v) is 5.84. The van der Waals surface area contributed by atoms with E-state index in [2.05, 4.69) is 0 Å². The smallest absolute Gasteiger partial charge is 0.229 e. The maximum Gasteiger partial charge on any atom is 0.229 e. The van der Waals surface area contributed by atoms with Crippen LogP contribution in [-0.4, -0.2) is 32.7 Å². The molecule has 0 saturated carbocycles. The molecule has 0 bridgehead atoms. The highest BCUT2D eigenvalue weighted by Gasteiger charge is 2.14. The van der Waals surface area contributed by atoms with Crippen LogP contribution in [0.2, 0.25) is 0 Å². The Morgan fingerprint density at radius 3 is 2.65 bits per heavy atom. The molecule has 2 N–H and O–H groups in total. The van der Waals surface area contributed by atoms with Gasteiger partial charge >= 0.3 is 0 Å². The number of benzene rings is 1. The van der Waals surface area contributed by atoms with Gasteiger partial charge in [0.25, 0.3) is 0 Å².